The molecule has 21 heavy (non-hydrogen) atoms. The molecule has 0 heterocycles. The minimum atomic E-state index is -1.04. The van der Waals surface area contributed by atoms with Crippen molar-refractivity contribution < 1.29 is 18.4 Å². The van der Waals surface area contributed by atoms with Gasteiger partial charge in [0.2, 0.25) is 11.8 Å². The SMILES string of the molecule is N#CCCC[C@@H](NC(=O)Cc1ccc(F)c(F)c1)C(N)=O. The lowest BCUT2D eigenvalue weighted by Gasteiger charge is -2.14. The molecule has 7 heteroatoms. The van der Waals surface area contributed by atoms with Crippen molar-refractivity contribution in [3.05, 3.63) is 35.4 Å². The van der Waals surface area contributed by atoms with Crippen LogP contribution in [0.5, 0.6) is 0 Å². The highest BCUT2D eigenvalue weighted by molar-refractivity contribution is 5.87. The van der Waals surface area contributed by atoms with Gasteiger partial charge in [-0.25, -0.2) is 8.78 Å². The van der Waals surface area contributed by atoms with Gasteiger partial charge in [-0.2, -0.15) is 5.26 Å². The Hall–Kier alpha value is -2.49. The monoisotopic (exact) mass is 295 g/mol. The molecular formula is C14H15F2N3O2. The van der Waals surface area contributed by atoms with Crippen LogP contribution in [-0.4, -0.2) is 17.9 Å². The van der Waals surface area contributed by atoms with Gasteiger partial charge in [-0.3, -0.25) is 9.59 Å². The first-order valence-corrected chi connectivity index (χ1v) is 6.33. The summed E-state index contributed by atoms with van der Waals surface area (Å²) in [5.74, 6) is -3.26. The molecule has 0 aliphatic heterocycles. The second kappa shape index (κ2) is 7.94. The number of nitrogens with two attached hydrogens (primary N) is 1. The maximum Gasteiger partial charge on any atom is 0.240 e. The minimum absolute atomic E-state index is 0.195. The van der Waals surface area contributed by atoms with Crippen LogP contribution in [0.15, 0.2) is 18.2 Å². The third-order valence-electron chi connectivity index (χ3n) is 2.81. The second-order valence-corrected chi connectivity index (χ2v) is 4.50. The van der Waals surface area contributed by atoms with Crippen LogP contribution in [0.25, 0.3) is 0 Å². The quantitative estimate of drug-likeness (QED) is 0.739. The summed E-state index contributed by atoms with van der Waals surface area (Å²) in [6.45, 7) is 0. The summed E-state index contributed by atoms with van der Waals surface area (Å²) in [4.78, 5) is 23.0. The van der Waals surface area contributed by atoms with E-state index >= 15 is 0 Å². The number of rotatable bonds is 7. The Bertz CT molecular complexity index is 570. The van der Waals surface area contributed by atoms with Crippen LogP contribution in [-0.2, 0) is 16.0 Å². The lowest BCUT2D eigenvalue weighted by molar-refractivity contribution is -0.127. The van der Waals surface area contributed by atoms with E-state index in [1.165, 1.54) is 6.07 Å². The number of carbonyl (C=O) groups excluding carboxylic acids is 2. The summed E-state index contributed by atoms with van der Waals surface area (Å²) in [6, 6.07) is 4.18. The molecule has 2 amide bonds. The first-order valence-electron chi connectivity index (χ1n) is 6.33. The zero-order valence-electron chi connectivity index (χ0n) is 11.2. The molecule has 112 valence electrons. The van der Waals surface area contributed by atoms with Gasteiger partial charge in [-0.05, 0) is 30.5 Å². The van der Waals surface area contributed by atoms with Crippen molar-refractivity contribution >= 4 is 11.8 Å². The van der Waals surface area contributed by atoms with Crippen molar-refractivity contribution in [1.29, 1.82) is 5.26 Å². The Labute approximate surface area is 120 Å². The molecule has 1 aromatic carbocycles. The normalized spacial score (nSPS) is 11.5. The van der Waals surface area contributed by atoms with Gasteiger partial charge in [0, 0.05) is 6.42 Å². The highest BCUT2D eigenvalue weighted by atomic mass is 19.2. The van der Waals surface area contributed by atoms with Gasteiger partial charge in [-0.1, -0.05) is 6.07 Å². The number of halogens is 2. The molecule has 0 saturated carbocycles. The number of carbonyl (C=O) groups is 2. The predicted octanol–water partition coefficient (Wildman–Crippen LogP) is 1.17. The lowest BCUT2D eigenvalue weighted by Crippen LogP contribution is -2.44. The van der Waals surface area contributed by atoms with Crippen molar-refractivity contribution in [2.75, 3.05) is 0 Å². The summed E-state index contributed by atoms with van der Waals surface area (Å²) in [7, 11) is 0. The molecule has 5 nitrogen and oxygen atoms in total. The van der Waals surface area contributed by atoms with E-state index in [4.69, 9.17) is 11.0 Å². The summed E-state index contributed by atoms with van der Waals surface area (Å²) < 4.78 is 25.8. The third-order valence-corrected chi connectivity index (χ3v) is 2.81. The molecule has 0 spiro atoms. The molecule has 0 saturated heterocycles. The Morgan fingerprint density at radius 3 is 2.62 bits per heavy atom. The fraction of sp³-hybridized carbons (Fsp3) is 0.357. The standard InChI is InChI=1S/C14H15F2N3O2/c15-10-5-4-9(7-11(10)16)8-13(20)19-12(14(18)21)3-1-2-6-17/h4-5,7,12H,1-3,8H2,(H2,18,21)(H,19,20)/t12-/m1/s1. The van der Waals surface area contributed by atoms with Crippen LogP contribution in [0.2, 0.25) is 0 Å². The number of primary amides is 1. The lowest BCUT2D eigenvalue weighted by atomic mass is 10.1. The van der Waals surface area contributed by atoms with E-state index in [2.05, 4.69) is 5.32 Å². The average Bonchev–Trinajstić information content (AvgIpc) is 2.42. The summed E-state index contributed by atoms with van der Waals surface area (Å²) in [6.07, 6.45) is 0.740. The predicted molar refractivity (Wildman–Crippen MR) is 70.7 cm³/mol. The number of nitrogens with one attached hydrogen (secondary N) is 1. The molecule has 0 aromatic heterocycles. The van der Waals surface area contributed by atoms with E-state index in [0.717, 1.165) is 12.1 Å². The fourth-order valence-electron chi connectivity index (χ4n) is 1.75. The van der Waals surface area contributed by atoms with Gasteiger partial charge in [0.25, 0.3) is 0 Å². The molecule has 1 atom stereocenters. The molecule has 0 bridgehead atoms. The number of unbranched alkanes of at least 4 members (excludes halogenated alkanes) is 1. The maximum atomic E-state index is 13.0. The molecule has 0 unspecified atom stereocenters. The van der Waals surface area contributed by atoms with Gasteiger partial charge in [0.15, 0.2) is 11.6 Å². The molecule has 0 aliphatic rings. The number of hydrogen-bond acceptors (Lipinski definition) is 3. The van der Waals surface area contributed by atoms with E-state index in [0.29, 0.717) is 6.42 Å². The van der Waals surface area contributed by atoms with Gasteiger partial charge in [0.05, 0.1) is 12.5 Å². The van der Waals surface area contributed by atoms with Crippen molar-refractivity contribution in [1.82, 2.24) is 5.32 Å². The average molecular weight is 295 g/mol. The molecule has 1 rings (SSSR count). The summed E-state index contributed by atoms with van der Waals surface area (Å²) >= 11 is 0. The zero-order chi connectivity index (χ0) is 15.8. The fourth-order valence-corrected chi connectivity index (χ4v) is 1.75. The number of benzene rings is 1. The summed E-state index contributed by atoms with van der Waals surface area (Å²) in [5.41, 5.74) is 5.44. The molecule has 0 radical (unpaired) electrons. The Morgan fingerprint density at radius 2 is 2.05 bits per heavy atom. The Balaban J connectivity index is 2.59. The van der Waals surface area contributed by atoms with Crippen LogP contribution in [0, 0.1) is 23.0 Å². The number of hydrogen-bond donors (Lipinski definition) is 2. The van der Waals surface area contributed by atoms with Gasteiger partial charge >= 0.3 is 0 Å². The van der Waals surface area contributed by atoms with E-state index in [1.807, 2.05) is 6.07 Å². The van der Waals surface area contributed by atoms with Gasteiger partial charge < -0.3 is 11.1 Å². The maximum absolute atomic E-state index is 13.0. The zero-order valence-corrected chi connectivity index (χ0v) is 11.2. The number of nitrogens with zero attached hydrogens (tertiary/aromatic N) is 1. The number of amides is 2. The van der Waals surface area contributed by atoms with E-state index < -0.39 is 29.5 Å². The largest absolute Gasteiger partial charge is 0.368 e. The molecule has 1 aromatic rings. The summed E-state index contributed by atoms with van der Waals surface area (Å²) in [5, 5.41) is 10.8. The van der Waals surface area contributed by atoms with Crippen molar-refractivity contribution in [2.24, 2.45) is 5.73 Å². The van der Waals surface area contributed by atoms with Gasteiger partial charge in [0.1, 0.15) is 6.04 Å². The van der Waals surface area contributed by atoms with Crippen LogP contribution < -0.4 is 11.1 Å². The van der Waals surface area contributed by atoms with Crippen LogP contribution in [0.4, 0.5) is 8.78 Å². The topological polar surface area (TPSA) is 96.0 Å². The van der Waals surface area contributed by atoms with Crippen molar-refractivity contribution in [3.63, 3.8) is 0 Å². The van der Waals surface area contributed by atoms with Crippen LogP contribution >= 0.6 is 0 Å². The second-order valence-electron chi connectivity index (χ2n) is 4.50. The smallest absolute Gasteiger partial charge is 0.240 e. The first-order chi connectivity index (χ1) is 9.93. The highest BCUT2D eigenvalue weighted by Crippen LogP contribution is 2.09. The highest BCUT2D eigenvalue weighted by Gasteiger charge is 2.18. The van der Waals surface area contributed by atoms with E-state index in [9.17, 15) is 18.4 Å². The molecular weight excluding hydrogens is 280 g/mol. The minimum Gasteiger partial charge on any atom is -0.368 e. The first kappa shape index (κ1) is 16.6. The Kier molecular flexibility index (Phi) is 6.27. The van der Waals surface area contributed by atoms with Crippen LogP contribution in [0.3, 0.4) is 0 Å². The van der Waals surface area contributed by atoms with E-state index in [1.54, 1.807) is 0 Å². The van der Waals surface area contributed by atoms with Crippen molar-refractivity contribution in [2.45, 2.75) is 31.7 Å². The molecule has 0 fully saturated rings. The molecule has 0 aliphatic carbocycles. The van der Waals surface area contributed by atoms with E-state index in [-0.39, 0.29) is 24.8 Å². The Morgan fingerprint density at radius 1 is 1.33 bits per heavy atom. The third kappa shape index (κ3) is 5.57. The molecule has 3 N–H and O–H groups in total. The van der Waals surface area contributed by atoms with Gasteiger partial charge in [-0.15, -0.1) is 0 Å². The number of nitriles is 1. The van der Waals surface area contributed by atoms with Crippen molar-refractivity contribution in [3.8, 4) is 6.07 Å². The van der Waals surface area contributed by atoms with Crippen LogP contribution in [0.1, 0.15) is 24.8 Å².